The Morgan fingerprint density at radius 2 is 1.59 bits per heavy atom. The van der Waals surface area contributed by atoms with E-state index in [1.807, 2.05) is 18.2 Å². The van der Waals surface area contributed by atoms with Gasteiger partial charge in [-0.2, -0.15) is 0 Å². The molecule has 0 atom stereocenters. The summed E-state index contributed by atoms with van der Waals surface area (Å²) in [6.45, 7) is 0.0539. The molecule has 0 aromatic heterocycles. The third-order valence-corrected chi connectivity index (χ3v) is 2.78. The fourth-order valence-electron chi connectivity index (χ4n) is 1.73. The van der Waals surface area contributed by atoms with E-state index in [-0.39, 0.29) is 12.3 Å². The van der Waals surface area contributed by atoms with E-state index in [2.05, 4.69) is 5.32 Å². The van der Waals surface area contributed by atoms with Crippen molar-refractivity contribution in [1.82, 2.24) is 5.32 Å². The molecule has 0 aliphatic carbocycles. The Morgan fingerprint density at radius 3 is 2.18 bits per heavy atom. The predicted molar refractivity (Wildman–Crippen MR) is 79.2 cm³/mol. The molecule has 0 heterocycles. The van der Waals surface area contributed by atoms with E-state index in [1.54, 1.807) is 42.5 Å². The zero-order valence-electron chi connectivity index (χ0n) is 11.7. The molecule has 5 nitrogen and oxygen atoms in total. The molecule has 1 N–H and O–H groups in total. The van der Waals surface area contributed by atoms with Crippen molar-refractivity contribution in [2.45, 2.75) is 6.61 Å². The molecule has 0 unspecified atom stereocenters. The van der Waals surface area contributed by atoms with Crippen molar-refractivity contribution in [3.8, 4) is 0 Å². The summed E-state index contributed by atoms with van der Waals surface area (Å²) >= 11 is 0. The van der Waals surface area contributed by atoms with Crippen LogP contribution in [0.1, 0.15) is 11.1 Å². The molecule has 2 aromatic rings. The Hall–Kier alpha value is -3.08. The van der Waals surface area contributed by atoms with E-state index in [9.17, 15) is 14.7 Å². The van der Waals surface area contributed by atoms with Crippen LogP contribution < -0.4 is 10.4 Å². The van der Waals surface area contributed by atoms with Crippen LogP contribution in [-0.2, 0) is 16.1 Å². The summed E-state index contributed by atoms with van der Waals surface area (Å²) in [6.07, 6.45) is 0.453. The number of aliphatic carboxylic acids is 1. The second kappa shape index (κ2) is 7.64. The smallest absolute Gasteiger partial charge is 0.412 e. The van der Waals surface area contributed by atoms with Crippen LogP contribution in [0.4, 0.5) is 4.79 Å². The number of amides is 1. The number of hydrogen-bond donors (Lipinski definition) is 1. The minimum Gasteiger partial charge on any atom is -0.543 e. The zero-order chi connectivity index (χ0) is 15.8. The zero-order valence-corrected chi connectivity index (χ0v) is 11.7. The first kappa shape index (κ1) is 15.3. The number of carbonyl (C=O) groups is 2. The maximum absolute atomic E-state index is 11.7. The van der Waals surface area contributed by atoms with Crippen LogP contribution in [0, 0.1) is 0 Å². The fourth-order valence-corrected chi connectivity index (χ4v) is 1.73. The summed E-state index contributed by atoms with van der Waals surface area (Å²) in [5.41, 5.74) is 1.08. The summed E-state index contributed by atoms with van der Waals surface area (Å²) in [5.74, 6) is -1.49. The second-order valence-electron chi connectivity index (χ2n) is 4.44. The molecule has 22 heavy (non-hydrogen) atoms. The van der Waals surface area contributed by atoms with E-state index in [0.29, 0.717) is 5.56 Å². The number of rotatable bonds is 5. The minimum atomic E-state index is -1.49. The first-order chi connectivity index (χ1) is 10.6. The van der Waals surface area contributed by atoms with Crippen LogP contribution >= 0.6 is 0 Å². The predicted octanol–water partition coefficient (Wildman–Crippen LogP) is 1.70. The molecule has 2 rings (SSSR count). The Balaban J connectivity index is 1.98. The molecule has 0 saturated heterocycles. The van der Waals surface area contributed by atoms with Gasteiger partial charge in [0.2, 0.25) is 0 Å². The summed E-state index contributed by atoms with van der Waals surface area (Å²) in [6, 6.07) is 17.8. The van der Waals surface area contributed by atoms with Crippen LogP contribution in [0.25, 0.3) is 6.08 Å². The number of nitrogens with one attached hydrogen (secondary N) is 1. The minimum absolute atomic E-state index is 0.0539. The highest BCUT2D eigenvalue weighted by Gasteiger charge is 2.07. The standard InChI is InChI=1S/C17H15NO4/c19-16(20)15(11-13-7-3-1-4-8-13)18-17(21)22-12-14-9-5-2-6-10-14/h1-11H,12H2,(H,18,21)(H,19,20)/p-1/b15-11+. The molecule has 0 aliphatic rings. The van der Waals surface area contributed by atoms with Crippen molar-refractivity contribution < 1.29 is 19.4 Å². The number of hydrogen-bond acceptors (Lipinski definition) is 4. The van der Waals surface area contributed by atoms with Gasteiger partial charge in [-0.05, 0) is 17.2 Å². The number of benzene rings is 2. The lowest BCUT2D eigenvalue weighted by Crippen LogP contribution is -2.35. The van der Waals surface area contributed by atoms with Crippen LogP contribution in [0.5, 0.6) is 0 Å². The van der Waals surface area contributed by atoms with Gasteiger partial charge in [0.15, 0.2) is 0 Å². The molecule has 0 fully saturated rings. The van der Waals surface area contributed by atoms with Gasteiger partial charge in [0.25, 0.3) is 0 Å². The monoisotopic (exact) mass is 296 g/mol. The quantitative estimate of drug-likeness (QED) is 0.852. The number of ether oxygens (including phenoxy) is 1. The molecule has 0 radical (unpaired) electrons. The maximum Gasteiger partial charge on any atom is 0.412 e. The highest BCUT2D eigenvalue weighted by atomic mass is 16.5. The lowest BCUT2D eigenvalue weighted by atomic mass is 10.2. The summed E-state index contributed by atoms with van der Waals surface area (Å²) in [4.78, 5) is 22.7. The normalized spacial score (nSPS) is 10.8. The maximum atomic E-state index is 11.7. The lowest BCUT2D eigenvalue weighted by molar-refractivity contribution is -0.299. The molecule has 0 aliphatic heterocycles. The van der Waals surface area contributed by atoms with E-state index in [0.717, 1.165) is 5.56 Å². The van der Waals surface area contributed by atoms with Crippen molar-refractivity contribution in [1.29, 1.82) is 0 Å². The lowest BCUT2D eigenvalue weighted by Gasteiger charge is -2.11. The molecule has 0 spiro atoms. The van der Waals surface area contributed by atoms with Crippen LogP contribution in [0.2, 0.25) is 0 Å². The molecule has 0 saturated carbocycles. The summed E-state index contributed by atoms with van der Waals surface area (Å²) < 4.78 is 4.96. The van der Waals surface area contributed by atoms with Gasteiger partial charge in [-0.3, -0.25) is 5.32 Å². The van der Waals surface area contributed by atoms with E-state index < -0.39 is 12.1 Å². The summed E-state index contributed by atoms with van der Waals surface area (Å²) in [5, 5.41) is 13.2. The van der Waals surface area contributed by atoms with Gasteiger partial charge >= 0.3 is 6.09 Å². The van der Waals surface area contributed by atoms with Gasteiger partial charge in [-0.25, -0.2) is 4.79 Å². The van der Waals surface area contributed by atoms with Gasteiger partial charge < -0.3 is 14.6 Å². The largest absolute Gasteiger partial charge is 0.543 e. The molecular formula is C17H14NO4-. The third kappa shape index (κ3) is 4.79. The average molecular weight is 296 g/mol. The Labute approximate surface area is 127 Å². The topological polar surface area (TPSA) is 78.5 Å². The van der Waals surface area contributed by atoms with E-state index in [1.165, 1.54) is 6.08 Å². The molecule has 1 amide bonds. The first-order valence-electron chi connectivity index (χ1n) is 6.61. The molecule has 112 valence electrons. The van der Waals surface area contributed by atoms with Crippen molar-refractivity contribution in [2.24, 2.45) is 0 Å². The van der Waals surface area contributed by atoms with Gasteiger partial charge in [0.1, 0.15) is 6.61 Å². The van der Waals surface area contributed by atoms with Crippen molar-refractivity contribution in [2.75, 3.05) is 0 Å². The molecule has 0 bridgehead atoms. The van der Waals surface area contributed by atoms with Crippen molar-refractivity contribution in [3.05, 3.63) is 77.5 Å². The van der Waals surface area contributed by atoms with E-state index in [4.69, 9.17) is 4.74 Å². The Kier molecular flexibility index (Phi) is 5.31. The summed E-state index contributed by atoms with van der Waals surface area (Å²) in [7, 11) is 0. The Morgan fingerprint density at radius 1 is 1.00 bits per heavy atom. The van der Waals surface area contributed by atoms with Gasteiger partial charge in [-0.1, -0.05) is 60.7 Å². The van der Waals surface area contributed by atoms with E-state index >= 15 is 0 Å². The van der Waals surface area contributed by atoms with Crippen LogP contribution in [0.15, 0.2) is 66.4 Å². The number of carboxylic acids is 1. The third-order valence-electron chi connectivity index (χ3n) is 2.78. The molecule has 5 heteroatoms. The average Bonchev–Trinajstić information content (AvgIpc) is 2.54. The van der Waals surface area contributed by atoms with Crippen LogP contribution in [-0.4, -0.2) is 12.1 Å². The highest BCUT2D eigenvalue weighted by molar-refractivity contribution is 5.94. The number of carboxylic acid groups (broad SMARTS) is 1. The first-order valence-corrected chi connectivity index (χ1v) is 6.61. The number of carbonyl (C=O) groups excluding carboxylic acids is 2. The van der Waals surface area contributed by atoms with Crippen molar-refractivity contribution in [3.63, 3.8) is 0 Å². The van der Waals surface area contributed by atoms with Crippen molar-refractivity contribution >= 4 is 18.1 Å². The Bertz CT molecular complexity index is 666. The molecule has 2 aromatic carbocycles. The molecular weight excluding hydrogens is 282 g/mol. The second-order valence-corrected chi connectivity index (χ2v) is 4.44. The fraction of sp³-hybridized carbons (Fsp3) is 0.0588. The van der Waals surface area contributed by atoms with Crippen LogP contribution in [0.3, 0.4) is 0 Å². The van der Waals surface area contributed by atoms with Gasteiger partial charge in [0.05, 0.1) is 11.7 Å². The highest BCUT2D eigenvalue weighted by Crippen LogP contribution is 2.05. The van der Waals surface area contributed by atoms with Gasteiger partial charge in [-0.15, -0.1) is 0 Å². The number of alkyl carbamates (subject to hydrolysis) is 1. The van der Waals surface area contributed by atoms with Gasteiger partial charge in [0, 0.05) is 0 Å². The SMILES string of the molecule is O=C(N/C(=C/c1ccccc1)C(=O)[O-])OCc1ccccc1.